The number of nitrogens with two attached hydrogens (primary N) is 1. The molecule has 84 valence electrons. The SMILES string of the molecule is Cc1ccc(C(CN)NCCC2CC2)o1. The average molecular weight is 208 g/mol. The Morgan fingerprint density at radius 3 is 2.87 bits per heavy atom. The Balaban J connectivity index is 1.80. The fraction of sp³-hybridized carbons (Fsp3) is 0.667. The summed E-state index contributed by atoms with van der Waals surface area (Å²) in [5.41, 5.74) is 5.72. The first-order chi connectivity index (χ1) is 7.29. The van der Waals surface area contributed by atoms with E-state index in [2.05, 4.69) is 5.32 Å². The van der Waals surface area contributed by atoms with E-state index in [0.717, 1.165) is 24.0 Å². The van der Waals surface area contributed by atoms with Crippen molar-refractivity contribution in [3.63, 3.8) is 0 Å². The fourth-order valence-corrected chi connectivity index (χ4v) is 1.81. The standard InChI is InChI=1S/C12H20N2O/c1-9-2-5-12(15-9)11(8-13)14-7-6-10-3-4-10/h2,5,10-11,14H,3-4,6-8,13H2,1H3. The van der Waals surface area contributed by atoms with Crippen LogP contribution in [-0.2, 0) is 0 Å². The predicted molar refractivity (Wildman–Crippen MR) is 60.6 cm³/mol. The first-order valence-corrected chi connectivity index (χ1v) is 5.79. The van der Waals surface area contributed by atoms with Crippen molar-refractivity contribution in [2.75, 3.05) is 13.1 Å². The van der Waals surface area contributed by atoms with E-state index in [9.17, 15) is 0 Å². The van der Waals surface area contributed by atoms with Crippen LogP contribution in [0.5, 0.6) is 0 Å². The molecule has 0 amide bonds. The molecule has 3 N–H and O–H groups in total. The molecule has 1 unspecified atom stereocenters. The van der Waals surface area contributed by atoms with Crippen LogP contribution in [0.1, 0.15) is 36.8 Å². The topological polar surface area (TPSA) is 51.2 Å². The van der Waals surface area contributed by atoms with Crippen molar-refractivity contribution in [1.29, 1.82) is 0 Å². The molecule has 0 spiro atoms. The molecule has 1 atom stereocenters. The molecule has 0 bridgehead atoms. The molecule has 0 saturated heterocycles. The van der Waals surface area contributed by atoms with Gasteiger partial charge in [0.05, 0.1) is 6.04 Å². The van der Waals surface area contributed by atoms with Gasteiger partial charge in [0.25, 0.3) is 0 Å². The van der Waals surface area contributed by atoms with Gasteiger partial charge >= 0.3 is 0 Å². The van der Waals surface area contributed by atoms with Crippen LogP contribution < -0.4 is 11.1 Å². The molecule has 1 aromatic heterocycles. The highest BCUT2D eigenvalue weighted by atomic mass is 16.3. The van der Waals surface area contributed by atoms with Crippen LogP contribution in [0.4, 0.5) is 0 Å². The van der Waals surface area contributed by atoms with Crippen molar-refractivity contribution in [2.24, 2.45) is 11.7 Å². The minimum Gasteiger partial charge on any atom is -0.465 e. The molecule has 1 aliphatic carbocycles. The molecule has 0 aromatic carbocycles. The van der Waals surface area contributed by atoms with Gasteiger partial charge < -0.3 is 15.5 Å². The van der Waals surface area contributed by atoms with Gasteiger partial charge in [-0.3, -0.25) is 0 Å². The molecule has 1 heterocycles. The fourth-order valence-electron chi connectivity index (χ4n) is 1.81. The largest absolute Gasteiger partial charge is 0.465 e. The van der Waals surface area contributed by atoms with E-state index in [-0.39, 0.29) is 6.04 Å². The van der Waals surface area contributed by atoms with Crippen LogP contribution in [0.15, 0.2) is 16.5 Å². The van der Waals surface area contributed by atoms with Gasteiger partial charge in [0.2, 0.25) is 0 Å². The maximum atomic E-state index is 5.72. The first kappa shape index (κ1) is 10.7. The molecule has 3 nitrogen and oxygen atoms in total. The highest BCUT2D eigenvalue weighted by Crippen LogP contribution is 2.31. The van der Waals surface area contributed by atoms with Crippen LogP contribution in [0.3, 0.4) is 0 Å². The van der Waals surface area contributed by atoms with Crippen molar-refractivity contribution < 1.29 is 4.42 Å². The van der Waals surface area contributed by atoms with Crippen LogP contribution in [0.25, 0.3) is 0 Å². The Bertz CT molecular complexity index is 304. The predicted octanol–water partition coefficient (Wildman–Crippen LogP) is 1.98. The lowest BCUT2D eigenvalue weighted by Gasteiger charge is -2.14. The molecular weight excluding hydrogens is 188 g/mol. The number of hydrogen-bond acceptors (Lipinski definition) is 3. The monoisotopic (exact) mass is 208 g/mol. The zero-order valence-corrected chi connectivity index (χ0v) is 9.33. The summed E-state index contributed by atoms with van der Waals surface area (Å²) in [6, 6.07) is 4.18. The van der Waals surface area contributed by atoms with Crippen molar-refractivity contribution >= 4 is 0 Å². The number of rotatable bonds is 6. The molecule has 1 aliphatic rings. The minimum atomic E-state index is 0.178. The van der Waals surface area contributed by atoms with Gasteiger partial charge in [-0.2, -0.15) is 0 Å². The van der Waals surface area contributed by atoms with Crippen LogP contribution in [-0.4, -0.2) is 13.1 Å². The summed E-state index contributed by atoms with van der Waals surface area (Å²) in [5.74, 6) is 2.88. The van der Waals surface area contributed by atoms with Crippen molar-refractivity contribution in [3.8, 4) is 0 Å². The van der Waals surface area contributed by atoms with Gasteiger partial charge in [-0.25, -0.2) is 0 Å². The number of hydrogen-bond donors (Lipinski definition) is 2. The Hall–Kier alpha value is -0.800. The molecule has 3 heteroatoms. The second-order valence-electron chi connectivity index (χ2n) is 4.42. The van der Waals surface area contributed by atoms with Crippen LogP contribution in [0, 0.1) is 12.8 Å². The zero-order chi connectivity index (χ0) is 10.7. The van der Waals surface area contributed by atoms with Gasteiger partial charge in [0.1, 0.15) is 11.5 Å². The lowest BCUT2D eigenvalue weighted by Crippen LogP contribution is -2.28. The molecular formula is C12H20N2O. The van der Waals surface area contributed by atoms with E-state index in [0.29, 0.717) is 6.54 Å². The van der Waals surface area contributed by atoms with Crippen LogP contribution in [0.2, 0.25) is 0 Å². The van der Waals surface area contributed by atoms with Crippen molar-refractivity contribution in [3.05, 3.63) is 23.7 Å². The Morgan fingerprint density at radius 2 is 2.33 bits per heavy atom. The average Bonchev–Trinajstić information content (AvgIpc) is 2.96. The summed E-state index contributed by atoms with van der Waals surface area (Å²) in [5, 5.41) is 3.45. The lowest BCUT2D eigenvalue weighted by atomic mass is 10.2. The molecule has 15 heavy (non-hydrogen) atoms. The second kappa shape index (κ2) is 4.81. The smallest absolute Gasteiger partial charge is 0.122 e. The summed E-state index contributed by atoms with van der Waals surface area (Å²) in [4.78, 5) is 0. The van der Waals surface area contributed by atoms with Gasteiger partial charge in [-0.15, -0.1) is 0 Å². The van der Waals surface area contributed by atoms with E-state index in [1.54, 1.807) is 0 Å². The number of nitrogens with one attached hydrogen (secondary N) is 1. The number of furan rings is 1. The van der Waals surface area contributed by atoms with Gasteiger partial charge in [0.15, 0.2) is 0 Å². The second-order valence-corrected chi connectivity index (χ2v) is 4.42. The highest BCUT2D eigenvalue weighted by Gasteiger charge is 2.21. The highest BCUT2D eigenvalue weighted by molar-refractivity contribution is 5.10. The van der Waals surface area contributed by atoms with E-state index < -0.39 is 0 Å². The molecule has 0 aliphatic heterocycles. The minimum absolute atomic E-state index is 0.178. The normalized spacial score (nSPS) is 18.0. The van der Waals surface area contributed by atoms with Crippen LogP contribution >= 0.6 is 0 Å². The summed E-state index contributed by atoms with van der Waals surface area (Å²) in [6.07, 6.45) is 4.10. The third-order valence-electron chi connectivity index (χ3n) is 2.98. The Morgan fingerprint density at radius 1 is 1.53 bits per heavy atom. The van der Waals surface area contributed by atoms with E-state index in [1.807, 2.05) is 19.1 Å². The van der Waals surface area contributed by atoms with Gasteiger partial charge in [-0.05, 0) is 37.9 Å². The van der Waals surface area contributed by atoms with E-state index >= 15 is 0 Å². The third kappa shape index (κ3) is 3.08. The quantitative estimate of drug-likeness (QED) is 0.751. The summed E-state index contributed by atoms with van der Waals surface area (Å²) in [6.45, 7) is 3.60. The molecule has 1 fully saturated rings. The van der Waals surface area contributed by atoms with Crippen molar-refractivity contribution in [1.82, 2.24) is 5.32 Å². The molecule has 1 saturated carbocycles. The maximum absolute atomic E-state index is 5.72. The number of aryl methyl sites for hydroxylation is 1. The van der Waals surface area contributed by atoms with Gasteiger partial charge in [0, 0.05) is 6.54 Å². The summed E-state index contributed by atoms with van der Waals surface area (Å²) in [7, 11) is 0. The Kier molecular flexibility index (Phi) is 3.44. The first-order valence-electron chi connectivity index (χ1n) is 5.79. The zero-order valence-electron chi connectivity index (χ0n) is 9.33. The third-order valence-corrected chi connectivity index (χ3v) is 2.98. The lowest BCUT2D eigenvalue weighted by molar-refractivity contribution is 0.400. The molecule has 0 radical (unpaired) electrons. The maximum Gasteiger partial charge on any atom is 0.122 e. The summed E-state index contributed by atoms with van der Waals surface area (Å²) >= 11 is 0. The Labute approximate surface area is 91.0 Å². The van der Waals surface area contributed by atoms with E-state index in [1.165, 1.54) is 19.3 Å². The molecule has 1 aromatic rings. The summed E-state index contributed by atoms with van der Waals surface area (Å²) < 4.78 is 5.57. The van der Waals surface area contributed by atoms with E-state index in [4.69, 9.17) is 10.2 Å². The molecule has 2 rings (SSSR count). The van der Waals surface area contributed by atoms with Gasteiger partial charge in [-0.1, -0.05) is 12.8 Å². The van der Waals surface area contributed by atoms with Crippen molar-refractivity contribution in [2.45, 2.75) is 32.2 Å².